The number of aromatic nitrogens is 2. The van der Waals surface area contributed by atoms with Crippen LogP contribution in [0.4, 0.5) is 0 Å². The van der Waals surface area contributed by atoms with E-state index in [0.717, 1.165) is 18.5 Å². The number of ether oxygens (including phenoxy) is 1. The van der Waals surface area contributed by atoms with Crippen LogP contribution < -0.4 is 0 Å². The number of rotatable bonds is 3. The first-order valence-corrected chi connectivity index (χ1v) is 5.34. The number of carbonyl (C=O) groups excluding carboxylic acids is 1. The summed E-state index contributed by atoms with van der Waals surface area (Å²) >= 11 is 0. The minimum atomic E-state index is -0.0373. The first-order chi connectivity index (χ1) is 7.22. The van der Waals surface area contributed by atoms with Crippen molar-refractivity contribution < 1.29 is 9.53 Å². The fourth-order valence-corrected chi connectivity index (χ4v) is 2.16. The summed E-state index contributed by atoms with van der Waals surface area (Å²) in [5.74, 6) is 0.350. The second-order valence-electron chi connectivity index (χ2n) is 4.10. The van der Waals surface area contributed by atoms with Gasteiger partial charge in [-0.25, -0.2) is 4.98 Å². The zero-order chi connectivity index (χ0) is 10.8. The number of carbonyl (C=O) groups is 1. The normalized spacial score (nSPS) is 22.6. The summed E-state index contributed by atoms with van der Waals surface area (Å²) in [5, 5.41) is 0. The highest BCUT2D eigenvalue weighted by Crippen LogP contribution is 2.27. The first-order valence-electron chi connectivity index (χ1n) is 5.34. The van der Waals surface area contributed by atoms with Gasteiger partial charge < -0.3 is 9.30 Å². The largest absolute Gasteiger partial charge is 0.465 e. The van der Waals surface area contributed by atoms with Gasteiger partial charge >= 0.3 is 5.97 Å². The van der Waals surface area contributed by atoms with Crippen molar-refractivity contribution in [3.63, 3.8) is 0 Å². The predicted molar refractivity (Wildman–Crippen MR) is 69.6 cm³/mol. The number of imidazole rings is 1. The maximum Gasteiger partial charge on any atom is 0.309 e. The fraction of sp³-hybridized carbons (Fsp3) is 0.636. The van der Waals surface area contributed by atoms with Crippen LogP contribution in [-0.2, 0) is 23.0 Å². The van der Waals surface area contributed by atoms with E-state index in [2.05, 4.69) is 4.98 Å². The minimum absolute atomic E-state index is 0. The number of aryl methyl sites for hydroxylation is 1. The molecule has 2 rings (SSSR count). The van der Waals surface area contributed by atoms with Crippen LogP contribution in [0.5, 0.6) is 0 Å². The Bertz CT molecular complexity index is 368. The van der Waals surface area contributed by atoms with Gasteiger partial charge in [0.2, 0.25) is 0 Å². The van der Waals surface area contributed by atoms with Crippen molar-refractivity contribution in [2.45, 2.75) is 19.8 Å². The Morgan fingerprint density at radius 3 is 2.76 bits per heavy atom. The van der Waals surface area contributed by atoms with Crippen LogP contribution in [0.1, 0.15) is 19.0 Å². The molecule has 0 unspecified atom stereocenters. The Labute approximate surface area is 114 Å². The van der Waals surface area contributed by atoms with E-state index in [1.807, 2.05) is 24.7 Å². The molecular weight excluding hydrogens is 263 g/mol. The maximum absolute atomic E-state index is 11.4. The molecule has 1 aromatic heterocycles. The second kappa shape index (κ2) is 6.87. The van der Waals surface area contributed by atoms with E-state index >= 15 is 0 Å². The van der Waals surface area contributed by atoms with Gasteiger partial charge in [0.25, 0.3) is 0 Å². The van der Waals surface area contributed by atoms with Gasteiger partial charge in [0.05, 0.1) is 18.9 Å². The molecule has 0 aliphatic carbocycles. The van der Waals surface area contributed by atoms with Gasteiger partial charge in [0.15, 0.2) is 0 Å². The van der Waals surface area contributed by atoms with Crippen LogP contribution in [0, 0.1) is 11.8 Å². The third-order valence-corrected chi connectivity index (χ3v) is 3.14. The molecule has 0 bridgehead atoms. The SMILES string of the molecule is CC[C@@H]1C(=O)OC[C@@H]1Cc1cncn1C.Cl.Cl. The molecule has 0 aromatic carbocycles. The highest BCUT2D eigenvalue weighted by atomic mass is 35.5. The molecule has 0 amide bonds. The Morgan fingerprint density at radius 2 is 2.24 bits per heavy atom. The van der Waals surface area contributed by atoms with Crippen LogP contribution in [0.2, 0.25) is 0 Å². The maximum atomic E-state index is 11.4. The lowest BCUT2D eigenvalue weighted by Gasteiger charge is -2.12. The highest BCUT2D eigenvalue weighted by molar-refractivity contribution is 5.85. The van der Waals surface area contributed by atoms with Crippen molar-refractivity contribution in [3.05, 3.63) is 18.2 Å². The predicted octanol–water partition coefficient (Wildman–Crippen LogP) is 2.01. The van der Waals surface area contributed by atoms with E-state index in [1.54, 1.807) is 6.33 Å². The Kier molecular flexibility index (Phi) is 6.57. The molecule has 2 atom stereocenters. The molecule has 0 spiro atoms. The van der Waals surface area contributed by atoms with Crippen molar-refractivity contribution in [1.82, 2.24) is 9.55 Å². The van der Waals surface area contributed by atoms with Gasteiger partial charge in [-0.05, 0) is 12.8 Å². The van der Waals surface area contributed by atoms with Crippen LogP contribution in [-0.4, -0.2) is 22.1 Å². The Hall–Kier alpha value is -0.740. The lowest BCUT2D eigenvalue weighted by atomic mass is 9.89. The monoisotopic (exact) mass is 280 g/mol. The summed E-state index contributed by atoms with van der Waals surface area (Å²) in [7, 11) is 1.97. The average Bonchev–Trinajstić information content (AvgIpc) is 2.76. The molecule has 1 saturated heterocycles. The molecular formula is C11H18Cl2N2O2. The lowest BCUT2D eigenvalue weighted by Crippen LogP contribution is -2.18. The van der Waals surface area contributed by atoms with E-state index < -0.39 is 0 Å². The third kappa shape index (κ3) is 3.36. The number of cyclic esters (lactones) is 1. The molecule has 17 heavy (non-hydrogen) atoms. The van der Waals surface area contributed by atoms with Gasteiger partial charge in [0.1, 0.15) is 0 Å². The third-order valence-electron chi connectivity index (χ3n) is 3.14. The number of halogens is 2. The average molecular weight is 281 g/mol. The van der Waals surface area contributed by atoms with Gasteiger partial charge in [-0.3, -0.25) is 4.79 Å². The van der Waals surface area contributed by atoms with Crippen LogP contribution in [0.3, 0.4) is 0 Å². The zero-order valence-corrected chi connectivity index (χ0v) is 11.6. The molecule has 1 aromatic rings. The molecule has 0 saturated carbocycles. The van der Waals surface area contributed by atoms with Crippen molar-refractivity contribution in [1.29, 1.82) is 0 Å². The second-order valence-corrected chi connectivity index (χ2v) is 4.10. The molecule has 0 radical (unpaired) electrons. The van der Waals surface area contributed by atoms with E-state index in [4.69, 9.17) is 4.74 Å². The topological polar surface area (TPSA) is 44.1 Å². The molecule has 6 heteroatoms. The number of hydrogen-bond acceptors (Lipinski definition) is 3. The van der Waals surface area contributed by atoms with Crippen molar-refractivity contribution in [3.8, 4) is 0 Å². The summed E-state index contributed by atoms with van der Waals surface area (Å²) in [6.45, 7) is 2.59. The number of esters is 1. The first kappa shape index (κ1) is 16.3. The fourth-order valence-electron chi connectivity index (χ4n) is 2.16. The summed E-state index contributed by atoms with van der Waals surface area (Å²) < 4.78 is 7.08. The summed E-state index contributed by atoms with van der Waals surface area (Å²) in [6, 6.07) is 0. The van der Waals surface area contributed by atoms with E-state index in [-0.39, 0.29) is 36.7 Å². The minimum Gasteiger partial charge on any atom is -0.465 e. The summed E-state index contributed by atoms with van der Waals surface area (Å²) in [5.41, 5.74) is 1.16. The van der Waals surface area contributed by atoms with E-state index in [9.17, 15) is 4.79 Å². The molecule has 98 valence electrons. The van der Waals surface area contributed by atoms with Crippen LogP contribution in [0.15, 0.2) is 12.5 Å². The van der Waals surface area contributed by atoms with Gasteiger partial charge in [-0.15, -0.1) is 24.8 Å². The molecule has 1 aliphatic heterocycles. The van der Waals surface area contributed by atoms with Gasteiger partial charge in [0, 0.05) is 24.9 Å². The molecule has 4 nitrogen and oxygen atoms in total. The van der Waals surface area contributed by atoms with Gasteiger partial charge in [-0.1, -0.05) is 6.92 Å². The van der Waals surface area contributed by atoms with Crippen molar-refractivity contribution in [2.24, 2.45) is 18.9 Å². The molecule has 2 heterocycles. The van der Waals surface area contributed by atoms with Crippen LogP contribution >= 0.6 is 24.8 Å². The smallest absolute Gasteiger partial charge is 0.309 e. The number of nitrogens with zero attached hydrogens (tertiary/aromatic N) is 2. The van der Waals surface area contributed by atoms with Gasteiger partial charge in [-0.2, -0.15) is 0 Å². The summed E-state index contributed by atoms with van der Waals surface area (Å²) in [6.07, 6.45) is 5.38. The molecule has 1 fully saturated rings. The quantitative estimate of drug-likeness (QED) is 0.796. The Morgan fingerprint density at radius 1 is 1.53 bits per heavy atom. The Balaban J connectivity index is 0.00000128. The van der Waals surface area contributed by atoms with E-state index in [0.29, 0.717) is 12.5 Å². The lowest BCUT2D eigenvalue weighted by molar-refractivity contribution is -0.141. The summed E-state index contributed by atoms with van der Waals surface area (Å²) in [4.78, 5) is 15.5. The molecule has 1 aliphatic rings. The van der Waals surface area contributed by atoms with Crippen LogP contribution in [0.25, 0.3) is 0 Å². The molecule has 0 N–H and O–H groups in total. The number of hydrogen-bond donors (Lipinski definition) is 0. The highest BCUT2D eigenvalue weighted by Gasteiger charge is 2.35. The van der Waals surface area contributed by atoms with E-state index in [1.165, 1.54) is 0 Å². The van der Waals surface area contributed by atoms with Crippen molar-refractivity contribution in [2.75, 3.05) is 6.61 Å². The van der Waals surface area contributed by atoms with Crippen molar-refractivity contribution >= 4 is 30.8 Å². The zero-order valence-electron chi connectivity index (χ0n) is 9.96. The standard InChI is InChI=1S/C11H16N2O2.2ClH/c1-3-10-8(6-15-11(10)14)4-9-5-12-7-13(9)2;;/h5,7-8,10H,3-4,6H2,1-2H3;2*1H/t8-,10-;;/m0../s1.